The molecule has 5 atom stereocenters. The van der Waals surface area contributed by atoms with Crippen LogP contribution in [0, 0.1) is 29.6 Å². The summed E-state index contributed by atoms with van der Waals surface area (Å²) in [5.41, 5.74) is 0. The Kier molecular flexibility index (Phi) is 2.52. The molecule has 1 nitrogen and oxygen atoms in total. The third-order valence-corrected chi connectivity index (χ3v) is 5.43. The minimum absolute atomic E-state index is 0.496. The van der Waals surface area contributed by atoms with Crippen molar-refractivity contribution in [2.24, 2.45) is 29.6 Å². The zero-order valence-electron chi connectivity index (χ0n) is 9.78. The highest BCUT2D eigenvalue weighted by molar-refractivity contribution is 6.48. The highest BCUT2D eigenvalue weighted by Crippen LogP contribution is 2.58. The van der Waals surface area contributed by atoms with Gasteiger partial charge in [-0.15, -0.1) is 0 Å². The molecule has 0 aromatic heterocycles. The summed E-state index contributed by atoms with van der Waals surface area (Å²) in [5, 5.41) is 0. The van der Waals surface area contributed by atoms with E-state index in [4.69, 9.17) is 4.43 Å². The molecule has 0 N–H and O–H groups in total. The van der Waals surface area contributed by atoms with Gasteiger partial charge in [0.25, 0.3) is 0 Å². The van der Waals surface area contributed by atoms with Gasteiger partial charge in [0.05, 0.1) is 0 Å². The first-order valence-corrected chi connectivity index (χ1v) is 8.78. The molecule has 2 bridgehead atoms. The Morgan fingerprint density at radius 1 is 1.20 bits per heavy atom. The molecular formula is C13H21OSi. The van der Waals surface area contributed by atoms with Crippen molar-refractivity contribution in [1.82, 2.24) is 0 Å². The third kappa shape index (κ3) is 1.62. The van der Waals surface area contributed by atoms with E-state index in [9.17, 15) is 0 Å². The maximum atomic E-state index is 5.89. The van der Waals surface area contributed by atoms with Crippen molar-refractivity contribution in [1.29, 1.82) is 0 Å². The number of allylic oxidation sites excluding steroid dienone is 1. The van der Waals surface area contributed by atoms with Crippen molar-refractivity contribution in [3.05, 3.63) is 12.2 Å². The summed E-state index contributed by atoms with van der Waals surface area (Å²) in [7, 11) is -0.496. The molecule has 3 rings (SSSR count). The molecular weight excluding hydrogens is 200 g/mol. The van der Waals surface area contributed by atoms with Crippen LogP contribution in [0.4, 0.5) is 0 Å². The largest absolute Gasteiger partial charge is 0.417 e. The van der Waals surface area contributed by atoms with Crippen LogP contribution in [-0.2, 0) is 4.43 Å². The van der Waals surface area contributed by atoms with Crippen LogP contribution in [0.3, 0.4) is 0 Å². The van der Waals surface area contributed by atoms with Gasteiger partial charge >= 0.3 is 0 Å². The van der Waals surface area contributed by atoms with Gasteiger partial charge in [-0.25, -0.2) is 0 Å². The lowest BCUT2D eigenvalue weighted by molar-refractivity contribution is 0.169. The minimum Gasteiger partial charge on any atom is -0.417 e. The van der Waals surface area contributed by atoms with Gasteiger partial charge in [-0.2, -0.15) is 0 Å². The molecule has 0 saturated heterocycles. The molecule has 83 valence electrons. The van der Waals surface area contributed by atoms with Gasteiger partial charge in [0.2, 0.25) is 9.04 Å². The van der Waals surface area contributed by atoms with Crippen molar-refractivity contribution >= 4 is 9.04 Å². The Balaban J connectivity index is 1.65. The van der Waals surface area contributed by atoms with Crippen molar-refractivity contribution in [3.8, 4) is 0 Å². The van der Waals surface area contributed by atoms with E-state index in [2.05, 4.69) is 25.2 Å². The summed E-state index contributed by atoms with van der Waals surface area (Å²) in [6.07, 6.45) is 9.50. The van der Waals surface area contributed by atoms with Crippen LogP contribution in [-0.4, -0.2) is 15.6 Å². The Bertz CT molecular complexity index is 274. The third-order valence-electron chi connectivity index (χ3n) is 4.69. The van der Waals surface area contributed by atoms with Gasteiger partial charge < -0.3 is 4.43 Å². The molecule has 2 saturated carbocycles. The van der Waals surface area contributed by atoms with Gasteiger partial charge in [-0.1, -0.05) is 12.2 Å². The van der Waals surface area contributed by atoms with Gasteiger partial charge in [-0.05, 0) is 56.0 Å². The summed E-state index contributed by atoms with van der Waals surface area (Å²) >= 11 is 0. The van der Waals surface area contributed by atoms with E-state index in [1.54, 1.807) is 0 Å². The van der Waals surface area contributed by atoms with Crippen LogP contribution in [0.2, 0.25) is 13.1 Å². The second-order valence-electron chi connectivity index (χ2n) is 5.76. The summed E-state index contributed by atoms with van der Waals surface area (Å²) in [6.45, 7) is 5.48. The standard InChI is InChI=1S/C13H21OSi/c1-15(2)14-8-11-5-6-12-9-3-4-10(7-9)13(11)12/h5-6,9-13H,3-4,7-8H2,1-2H3. The minimum atomic E-state index is -0.496. The van der Waals surface area contributed by atoms with Crippen molar-refractivity contribution < 1.29 is 4.43 Å². The summed E-state index contributed by atoms with van der Waals surface area (Å²) < 4.78 is 5.89. The average Bonchev–Trinajstić information content (AvgIpc) is 2.87. The molecule has 0 aromatic rings. The van der Waals surface area contributed by atoms with Gasteiger partial charge in [0, 0.05) is 12.5 Å². The predicted octanol–water partition coefficient (Wildman–Crippen LogP) is 3.10. The zero-order valence-corrected chi connectivity index (χ0v) is 10.8. The van der Waals surface area contributed by atoms with E-state index >= 15 is 0 Å². The first-order valence-electron chi connectivity index (χ1n) is 6.37. The zero-order chi connectivity index (χ0) is 10.4. The van der Waals surface area contributed by atoms with Crippen LogP contribution in [0.5, 0.6) is 0 Å². The fourth-order valence-electron chi connectivity index (χ4n) is 4.13. The number of rotatable bonds is 3. The van der Waals surface area contributed by atoms with Crippen LogP contribution in [0.15, 0.2) is 12.2 Å². The SMILES string of the molecule is C[Si](C)OCC1C=CC2C3CCC(C3)C12. The number of hydrogen-bond acceptors (Lipinski definition) is 1. The van der Waals surface area contributed by atoms with Gasteiger partial charge in [0.15, 0.2) is 0 Å². The fraction of sp³-hybridized carbons (Fsp3) is 0.846. The predicted molar refractivity (Wildman–Crippen MR) is 63.9 cm³/mol. The van der Waals surface area contributed by atoms with E-state index < -0.39 is 9.04 Å². The molecule has 2 fully saturated rings. The van der Waals surface area contributed by atoms with E-state index in [-0.39, 0.29) is 0 Å². The van der Waals surface area contributed by atoms with Crippen LogP contribution in [0.25, 0.3) is 0 Å². The molecule has 5 unspecified atom stereocenters. The van der Waals surface area contributed by atoms with Crippen LogP contribution < -0.4 is 0 Å². The molecule has 0 amide bonds. The number of hydrogen-bond donors (Lipinski definition) is 0. The lowest BCUT2D eigenvalue weighted by Crippen LogP contribution is -2.27. The van der Waals surface area contributed by atoms with Crippen molar-refractivity contribution in [3.63, 3.8) is 0 Å². The average molecular weight is 221 g/mol. The number of fused-ring (bicyclic) bond motifs is 5. The monoisotopic (exact) mass is 221 g/mol. The van der Waals surface area contributed by atoms with Crippen LogP contribution >= 0.6 is 0 Å². The topological polar surface area (TPSA) is 9.23 Å². The molecule has 3 aliphatic rings. The Hall–Kier alpha value is -0.0831. The molecule has 15 heavy (non-hydrogen) atoms. The Morgan fingerprint density at radius 3 is 2.80 bits per heavy atom. The van der Waals surface area contributed by atoms with Crippen molar-refractivity contribution in [2.75, 3.05) is 6.61 Å². The maximum absolute atomic E-state index is 5.89. The lowest BCUT2D eigenvalue weighted by atomic mass is 9.77. The molecule has 0 aliphatic heterocycles. The fourth-order valence-corrected chi connectivity index (χ4v) is 4.66. The first-order chi connectivity index (χ1) is 7.25. The molecule has 1 radical (unpaired) electrons. The summed E-state index contributed by atoms with van der Waals surface area (Å²) in [5.74, 6) is 4.72. The first kappa shape index (κ1) is 10.1. The Labute approximate surface area is 94.6 Å². The van der Waals surface area contributed by atoms with Crippen molar-refractivity contribution in [2.45, 2.75) is 32.4 Å². The maximum Gasteiger partial charge on any atom is 0.204 e. The Morgan fingerprint density at radius 2 is 2.00 bits per heavy atom. The highest BCUT2D eigenvalue weighted by Gasteiger charge is 2.50. The van der Waals surface area contributed by atoms with E-state index in [1.165, 1.54) is 19.3 Å². The molecule has 2 heteroatoms. The van der Waals surface area contributed by atoms with E-state index in [0.717, 1.165) is 36.2 Å². The highest BCUT2D eigenvalue weighted by atomic mass is 28.3. The smallest absolute Gasteiger partial charge is 0.204 e. The van der Waals surface area contributed by atoms with E-state index in [0.29, 0.717) is 0 Å². The second-order valence-corrected chi connectivity index (χ2v) is 7.86. The lowest BCUT2D eigenvalue weighted by Gasteiger charge is -2.29. The van der Waals surface area contributed by atoms with Gasteiger partial charge in [0.1, 0.15) is 0 Å². The van der Waals surface area contributed by atoms with Crippen LogP contribution in [0.1, 0.15) is 19.3 Å². The molecule has 0 spiro atoms. The summed E-state index contributed by atoms with van der Waals surface area (Å²) in [6, 6.07) is 0. The second kappa shape index (κ2) is 3.74. The molecule has 3 aliphatic carbocycles. The molecule has 0 heterocycles. The quantitative estimate of drug-likeness (QED) is 0.525. The molecule has 0 aromatic carbocycles. The van der Waals surface area contributed by atoms with E-state index in [1.807, 2.05) is 0 Å². The normalized spacial score (nSPS) is 46.7. The summed E-state index contributed by atoms with van der Waals surface area (Å²) in [4.78, 5) is 0. The van der Waals surface area contributed by atoms with Gasteiger partial charge in [-0.3, -0.25) is 0 Å².